The molecule has 0 heterocycles. The lowest BCUT2D eigenvalue weighted by atomic mass is 10.0. The Morgan fingerprint density at radius 3 is 2.02 bits per heavy atom. The van der Waals surface area contributed by atoms with Gasteiger partial charge in [0.25, 0.3) is 10.0 Å². The van der Waals surface area contributed by atoms with E-state index in [0.29, 0.717) is 12.2 Å². The van der Waals surface area contributed by atoms with Crippen LogP contribution in [0.4, 0.5) is 5.69 Å². The Hall–Kier alpha value is -4.83. The number of anilines is 1. The Bertz CT molecular complexity index is 1780. The van der Waals surface area contributed by atoms with Crippen molar-refractivity contribution in [2.24, 2.45) is 0 Å². The molecule has 0 saturated carbocycles. The van der Waals surface area contributed by atoms with E-state index in [-0.39, 0.29) is 41.2 Å². The average Bonchev–Trinajstić information content (AvgIpc) is 3.09. The molecule has 4 aromatic rings. The summed E-state index contributed by atoms with van der Waals surface area (Å²) in [7, 11) is -1.41. The quantitative estimate of drug-likeness (QED) is 0.165. The summed E-state index contributed by atoms with van der Waals surface area (Å²) in [6.45, 7) is 7.20. The minimum Gasteiger partial charge on any atom is -0.497 e. The Kier molecular flexibility index (Phi) is 12.2. The van der Waals surface area contributed by atoms with Gasteiger partial charge < -0.3 is 19.7 Å². The van der Waals surface area contributed by atoms with Gasteiger partial charge in [-0.3, -0.25) is 13.9 Å². The highest BCUT2D eigenvalue weighted by atomic mass is 32.2. The molecule has 4 rings (SSSR count). The molecule has 48 heavy (non-hydrogen) atoms. The summed E-state index contributed by atoms with van der Waals surface area (Å²) in [4.78, 5) is 30.3. The van der Waals surface area contributed by atoms with Gasteiger partial charge in [-0.1, -0.05) is 84.8 Å². The smallest absolute Gasteiger partial charge is 0.264 e. The van der Waals surface area contributed by atoms with E-state index in [1.165, 1.54) is 37.3 Å². The van der Waals surface area contributed by atoms with Crippen LogP contribution in [0.25, 0.3) is 0 Å². The molecule has 0 aliphatic heterocycles. The van der Waals surface area contributed by atoms with Crippen LogP contribution >= 0.6 is 0 Å². The molecule has 0 radical (unpaired) electrons. The van der Waals surface area contributed by atoms with Crippen LogP contribution < -0.4 is 19.1 Å². The third-order valence-electron chi connectivity index (χ3n) is 8.29. The maximum atomic E-state index is 14.7. The Morgan fingerprint density at radius 1 is 0.812 bits per heavy atom. The van der Waals surface area contributed by atoms with E-state index in [4.69, 9.17) is 9.47 Å². The number of amides is 2. The van der Waals surface area contributed by atoms with Crippen LogP contribution in [0.3, 0.4) is 0 Å². The number of nitrogens with zero attached hydrogens (tertiary/aromatic N) is 2. The number of nitrogens with one attached hydrogen (secondary N) is 1. The molecular weight excluding hydrogens is 627 g/mol. The summed E-state index contributed by atoms with van der Waals surface area (Å²) in [6, 6.07) is 27.3. The van der Waals surface area contributed by atoms with E-state index in [1.807, 2.05) is 82.3 Å². The number of benzene rings is 4. The number of carbonyl (C=O) groups excluding carboxylic acids is 2. The van der Waals surface area contributed by atoms with Gasteiger partial charge in [0.1, 0.15) is 24.1 Å². The molecule has 0 saturated heterocycles. The molecule has 0 aliphatic rings. The lowest BCUT2D eigenvalue weighted by molar-refractivity contribution is -0.140. The van der Waals surface area contributed by atoms with Crippen LogP contribution in [0, 0.1) is 13.8 Å². The van der Waals surface area contributed by atoms with Gasteiger partial charge in [0, 0.05) is 25.1 Å². The maximum Gasteiger partial charge on any atom is 0.264 e. The molecule has 10 heteroatoms. The average molecular weight is 672 g/mol. The molecule has 9 nitrogen and oxygen atoms in total. The van der Waals surface area contributed by atoms with Gasteiger partial charge in [0.15, 0.2) is 0 Å². The van der Waals surface area contributed by atoms with Crippen molar-refractivity contribution in [3.8, 4) is 11.5 Å². The van der Waals surface area contributed by atoms with Crippen molar-refractivity contribution in [2.45, 2.75) is 64.1 Å². The van der Waals surface area contributed by atoms with Gasteiger partial charge in [-0.25, -0.2) is 8.42 Å². The van der Waals surface area contributed by atoms with Crippen molar-refractivity contribution in [1.82, 2.24) is 10.2 Å². The van der Waals surface area contributed by atoms with Crippen LogP contribution in [0.15, 0.2) is 102 Å². The Balaban J connectivity index is 1.87. The fraction of sp³-hybridized carbons (Fsp3) is 0.316. The second-order valence-electron chi connectivity index (χ2n) is 11.9. The van der Waals surface area contributed by atoms with Crippen molar-refractivity contribution in [3.63, 3.8) is 0 Å². The predicted molar refractivity (Wildman–Crippen MR) is 189 cm³/mol. The lowest BCUT2D eigenvalue weighted by Crippen LogP contribution is -2.54. The van der Waals surface area contributed by atoms with Crippen molar-refractivity contribution in [3.05, 3.63) is 119 Å². The Morgan fingerprint density at radius 2 is 1.44 bits per heavy atom. The summed E-state index contributed by atoms with van der Waals surface area (Å²) < 4.78 is 40.9. The normalized spacial score (nSPS) is 12.5. The van der Waals surface area contributed by atoms with Crippen LogP contribution in [0.2, 0.25) is 0 Å². The number of hydrogen-bond donors (Lipinski definition) is 1. The molecule has 0 aliphatic carbocycles. The number of ether oxygens (including phenoxy) is 2. The molecule has 0 aromatic heterocycles. The summed E-state index contributed by atoms with van der Waals surface area (Å²) in [5, 5.41) is 3.06. The number of carbonyl (C=O) groups is 2. The van der Waals surface area contributed by atoms with Crippen LogP contribution in [0.5, 0.6) is 11.5 Å². The first-order valence-electron chi connectivity index (χ1n) is 16.0. The van der Waals surface area contributed by atoms with Crippen LogP contribution in [0.1, 0.15) is 42.5 Å². The third-order valence-corrected chi connectivity index (χ3v) is 10.1. The van der Waals surface area contributed by atoms with E-state index in [1.54, 1.807) is 24.3 Å². The topological polar surface area (TPSA) is 105 Å². The first-order valence-corrected chi connectivity index (χ1v) is 17.4. The number of methoxy groups -OCH3 is 2. The molecule has 1 N–H and O–H groups in total. The van der Waals surface area contributed by atoms with Crippen molar-refractivity contribution in [1.29, 1.82) is 0 Å². The van der Waals surface area contributed by atoms with Crippen LogP contribution in [-0.4, -0.2) is 58.0 Å². The number of sulfonamides is 1. The van der Waals surface area contributed by atoms with Gasteiger partial charge >= 0.3 is 0 Å². The van der Waals surface area contributed by atoms with Gasteiger partial charge in [-0.2, -0.15) is 0 Å². The lowest BCUT2D eigenvalue weighted by Gasteiger charge is -2.34. The second kappa shape index (κ2) is 16.3. The summed E-state index contributed by atoms with van der Waals surface area (Å²) in [6.07, 6.45) is 0.932. The summed E-state index contributed by atoms with van der Waals surface area (Å²) in [5.74, 6) is -0.259. The summed E-state index contributed by atoms with van der Waals surface area (Å²) in [5.41, 5.74) is 3.73. The van der Waals surface area contributed by atoms with E-state index >= 15 is 0 Å². The minimum atomic E-state index is -4.31. The van der Waals surface area contributed by atoms with Gasteiger partial charge in [0.2, 0.25) is 11.8 Å². The molecule has 0 spiro atoms. The van der Waals surface area contributed by atoms with E-state index < -0.39 is 28.5 Å². The SMILES string of the molecule is CCC(C)NC(=O)C(Cc1ccccc1)N(Cc1ccc(C)cc1)C(=O)CN(c1cc(OC)ccc1OC)S(=O)(=O)c1ccc(C)cc1. The maximum absolute atomic E-state index is 14.7. The fourth-order valence-electron chi connectivity index (χ4n) is 5.23. The zero-order valence-corrected chi connectivity index (χ0v) is 29.3. The van der Waals surface area contributed by atoms with Gasteiger partial charge in [-0.15, -0.1) is 0 Å². The van der Waals surface area contributed by atoms with Gasteiger partial charge in [-0.05, 0) is 62.6 Å². The molecule has 0 bridgehead atoms. The predicted octanol–water partition coefficient (Wildman–Crippen LogP) is 6.07. The van der Waals surface area contributed by atoms with E-state index in [2.05, 4.69) is 5.32 Å². The highest BCUT2D eigenvalue weighted by molar-refractivity contribution is 7.92. The molecule has 2 atom stereocenters. The van der Waals surface area contributed by atoms with E-state index in [9.17, 15) is 18.0 Å². The zero-order chi connectivity index (χ0) is 34.8. The van der Waals surface area contributed by atoms with Crippen LogP contribution in [-0.2, 0) is 32.6 Å². The molecular formula is C38H45N3O6S. The molecule has 2 unspecified atom stereocenters. The second-order valence-corrected chi connectivity index (χ2v) is 13.8. The molecule has 4 aromatic carbocycles. The zero-order valence-electron chi connectivity index (χ0n) is 28.5. The number of hydrogen-bond acceptors (Lipinski definition) is 6. The Labute approximate surface area is 284 Å². The minimum absolute atomic E-state index is 0.00575. The highest BCUT2D eigenvalue weighted by Gasteiger charge is 2.36. The third kappa shape index (κ3) is 8.95. The first kappa shape index (κ1) is 36.0. The van der Waals surface area contributed by atoms with E-state index in [0.717, 1.165) is 26.6 Å². The summed E-state index contributed by atoms with van der Waals surface area (Å²) >= 11 is 0. The largest absolute Gasteiger partial charge is 0.497 e. The standard InChI is InChI=1S/C38H45N3O6S/c1-7-29(4)39-38(43)35(23-30-11-9-8-10-12-30)40(25-31-17-13-27(2)14-18-31)37(42)26-41(34-24-32(46-5)19-22-36(34)47-6)48(44,45)33-20-15-28(3)16-21-33/h8-22,24,29,35H,7,23,25-26H2,1-6H3,(H,39,43). The molecule has 254 valence electrons. The van der Waals surface area contributed by atoms with Crippen molar-refractivity contribution < 1.29 is 27.5 Å². The molecule has 0 fully saturated rings. The van der Waals surface area contributed by atoms with Gasteiger partial charge in [0.05, 0.1) is 24.8 Å². The number of rotatable bonds is 15. The fourth-order valence-corrected chi connectivity index (χ4v) is 6.64. The van der Waals surface area contributed by atoms with Crippen molar-refractivity contribution >= 4 is 27.5 Å². The molecule has 2 amide bonds. The monoisotopic (exact) mass is 671 g/mol. The number of aryl methyl sites for hydroxylation is 2. The highest BCUT2D eigenvalue weighted by Crippen LogP contribution is 2.36. The van der Waals surface area contributed by atoms with Crippen molar-refractivity contribution in [2.75, 3.05) is 25.1 Å². The first-order chi connectivity index (χ1) is 23.0.